The predicted octanol–water partition coefficient (Wildman–Crippen LogP) is -0.337. The van der Waals surface area contributed by atoms with Gasteiger partial charge < -0.3 is 82.4 Å². The van der Waals surface area contributed by atoms with E-state index in [9.17, 15) is 78.9 Å². The number of phenols is 2. The van der Waals surface area contributed by atoms with E-state index in [2.05, 4.69) is 22.9 Å². The number of carbonyl (C=O) groups is 9. The van der Waals surface area contributed by atoms with Crippen LogP contribution in [0.2, 0.25) is 0 Å². The van der Waals surface area contributed by atoms with Gasteiger partial charge in [-0.2, -0.15) is 0 Å². The summed E-state index contributed by atoms with van der Waals surface area (Å²) in [4.78, 5) is 106. The number of aliphatic hydroxyl groups excluding tert-OH is 3. The molecule has 3 rings (SSSR count). The molecule has 0 aliphatic carbocycles. The third kappa shape index (κ3) is 28.5. The molecule has 430 valence electrons. The minimum Gasteiger partial charge on any atom is -0.508 e. The van der Waals surface area contributed by atoms with Gasteiger partial charge in [0, 0.05) is 82.5 Å². The second kappa shape index (κ2) is 36.0. The van der Waals surface area contributed by atoms with Crippen molar-refractivity contribution in [1.82, 2.24) is 36.4 Å². The normalized spacial score (nSPS) is 16.3. The lowest BCUT2D eigenvalue weighted by molar-refractivity contribution is -0.221. The molecule has 5 amide bonds. The summed E-state index contributed by atoms with van der Waals surface area (Å²) < 4.78 is 5.16. The number of aliphatic carboxylic acids is 5. The summed E-state index contributed by atoms with van der Waals surface area (Å²) in [6.45, 7) is 1.42. The number of urea groups is 1. The predicted molar refractivity (Wildman–Crippen MR) is 271 cm³/mol. The molecule has 5 atom stereocenters. The number of unbranched alkanes of at least 4 members (excludes halogenated alkanes) is 3. The number of benzene rings is 2. The van der Waals surface area contributed by atoms with Crippen molar-refractivity contribution in [2.75, 3.05) is 52.4 Å². The van der Waals surface area contributed by atoms with E-state index < -0.39 is 105 Å². The first kappa shape index (κ1) is 65.9. The number of hydrogen-bond donors (Lipinski definition) is 15. The molecule has 2 aromatic carbocycles. The Hall–Kier alpha value is -7.17. The highest BCUT2D eigenvalue weighted by molar-refractivity contribution is 5.85. The number of phenolic OH excluding ortho intramolecular Hbond substituents is 2. The number of carbonyl (C=O) groups excluding carboxylic acids is 4. The summed E-state index contributed by atoms with van der Waals surface area (Å²) in [6, 6.07) is 6.35. The van der Waals surface area contributed by atoms with Crippen LogP contribution in [0.4, 0.5) is 4.79 Å². The second-order valence-corrected chi connectivity index (χ2v) is 18.3. The smallest absolute Gasteiger partial charge is 0.326 e. The van der Waals surface area contributed by atoms with Gasteiger partial charge in [0.05, 0.1) is 31.8 Å². The largest absolute Gasteiger partial charge is 0.508 e. The number of nitrogens with one attached hydrogen (secondary N) is 5. The molecule has 77 heavy (non-hydrogen) atoms. The second-order valence-electron chi connectivity index (χ2n) is 18.3. The Bertz CT molecular complexity index is 2250. The first-order valence-electron chi connectivity index (χ1n) is 25.2. The molecule has 0 aromatic heterocycles. The molecule has 1 saturated heterocycles. The van der Waals surface area contributed by atoms with Crippen LogP contribution in [-0.2, 0) is 69.0 Å². The Labute approximate surface area is 444 Å². The Morgan fingerprint density at radius 3 is 1.68 bits per heavy atom. The van der Waals surface area contributed by atoms with Gasteiger partial charge in [-0.3, -0.25) is 43.4 Å². The third-order valence-corrected chi connectivity index (χ3v) is 11.8. The van der Waals surface area contributed by atoms with Gasteiger partial charge in [-0.15, -0.1) is 0 Å². The van der Waals surface area contributed by atoms with E-state index in [1.54, 1.807) is 29.2 Å². The van der Waals surface area contributed by atoms with Crippen LogP contribution < -0.4 is 26.6 Å². The summed E-state index contributed by atoms with van der Waals surface area (Å²) in [7, 11) is 0. The number of aryl methyl sites for hydroxylation is 2. The molecule has 2 aromatic rings. The zero-order chi connectivity index (χ0) is 57.5. The zero-order valence-corrected chi connectivity index (χ0v) is 43.1. The van der Waals surface area contributed by atoms with Gasteiger partial charge in [-0.25, -0.2) is 9.59 Å². The van der Waals surface area contributed by atoms with Gasteiger partial charge in [0.15, 0.2) is 6.29 Å². The van der Waals surface area contributed by atoms with Gasteiger partial charge in [0.1, 0.15) is 30.2 Å². The fourth-order valence-electron chi connectivity index (χ4n) is 7.69. The van der Waals surface area contributed by atoms with E-state index in [0.29, 0.717) is 42.6 Å². The van der Waals surface area contributed by atoms with E-state index in [0.717, 1.165) is 37.7 Å². The summed E-state index contributed by atoms with van der Waals surface area (Å²) >= 11 is 0. The van der Waals surface area contributed by atoms with E-state index in [1.807, 2.05) is 10.6 Å². The third-order valence-electron chi connectivity index (χ3n) is 11.8. The van der Waals surface area contributed by atoms with Crippen molar-refractivity contribution in [3.63, 3.8) is 0 Å². The summed E-state index contributed by atoms with van der Waals surface area (Å²) in [6.07, 6.45) is 1.39. The first-order chi connectivity index (χ1) is 36.5. The molecule has 0 saturated carbocycles. The van der Waals surface area contributed by atoms with Crippen LogP contribution in [-0.4, -0.2) is 197 Å². The molecule has 1 aliphatic heterocycles. The van der Waals surface area contributed by atoms with Crippen molar-refractivity contribution in [1.29, 1.82) is 0 Å². The van der Waals surface area contributed by atoms with Gasteiger partial charge in [0.2, 0.25) is 17.7 Å². The fourth-order valence-corrected chi connectivity index (χ4v) is 7.69. The van der Waals surface area contributed by atoms with Crippen LogP contribution in [0.5, 0.6) is 11.5 Å². The number of carboxylic acid groups (broad SMARTS) is 5. The summed E-state index contributed by atoms with van der Waals surface area (Å²) in [5.74, 6) is -6.84. The maximum Gasteiger partial charge on any atom is 0.326 e. The molecule has 0 radical (unpaired) electrons. The average Bonchev–Trinajstić information content (AvgIpc) is 3.35. The van der Waals surface area contributed by atoms with E-state index in [-0.39, 0.29) is 81.6 Å². The lowest BCUT2D eigenvalue weighted by Crippen LogP contribution is -2.55. The number of carboxylic acids is 5. The van der Waals surface area contributed by atoms with Crippen LogP contribution >= 0.6 is 0 Å². The highest BCUT2D eigenvalue weighted by atomic mass is 16.6. The lowest BCUT2D eigenvalue weighted by Gasteiger charge is -2.36. The van der Waals surface area contributed by atoms with Crippen LogP contribution in [0.25, 0.3) is 0 Å². The van der Waals surface area contributed by atoms with Crippen LogP contribution in [0.3, 0.4) is 0 Å². The van der Waals surface area contributed by atoms with Crippen molar-refractivity contribution in [3.05, 3.63) is 58.7 Å². The Morgan fingerprint density at radius 1 is 0.649 bits per heavy atom. The molecular formula is C50H75N7O20. The first-order valence-corrected chi connectivity index (χ1v) is 25.2. The van der Waals surface area contributed by atoms with Crippen molar-refractivity contribution < 1.29 is 99.0 Å². The van der Waals surface area contributed by atoms with Crippen molar-refractivity contribution in [2.24, 2.45) is 0 Å². The SMILES string of the molecule is CCCCNC(=O)CCCCCNC(=O)CCc1ccc(O)c(CN(CCN(CC(=O)O)Cc2cc(CCC(=O)N[C@H]3CC(O)C(CO)OC3O)ccc2O)CC(=O)O)c1.O=C(O)CCC(NC(=O)NCC(=O)O)C(=O)O. The van der Waals surface area contributed by atoms with Crippen LogP contribution in [0.1, 0.15) is 99.8 Å². The fraction of sp³-hybridized carbons (Fsp3) is 0.580. The number of ether oxygens (including phenoxy) is 1. The van der Waals surface area contributed by atoms with Gasteiger partial charge >= 0.3 is 35.9 Å². The maximum atomic E-state index is 12.7. The number of hydrogen-bond acceptors (Lipinski definition) is 17. The topological polar surface area (TPSA) is 432 Å². The molecule has 15 N–H and O–H groups in total. The number of aliphatic hydroxyl groups is 3. The monoisotopic (exact) mass is 1090 g/mol. The Kier molecular flexibility index (Phi) is 30.8. The van der Waals surface area contributed by atoms with Crippen LogP contribution in [0, 0.1) is 0 Å². The van der Waals surface area contributed by atoms with Gasteiger partial charge in [0.25, 0.3) is 0 Å². The maximum absolute atomic E-state index is 12.7. The number of aromatic hydroxyl groups is 2. The average molecular weight is 1090 g/mol. The standard InChI is InChI=1S/C42H63N5O13.C8H12N2O7/c1-2-3-16-43-37(52)7-5-4-6-17-44-38(53)14-10-28-8-12-33(49)30(20-28)23-46(25-40(55)56)18-19-47(26-41(57)58)24-31-21-29(9-13-34(31)50)11-15-39(54)45-32-22-35(51)36(27-48)60-42(32)59;11-5(12)2-1-4(7(15)16)10-8(17)9-3-6(13)14/h8-9,12-13,20-21,32,35-36,42,48-51,59H,2-7,10-11,14-19,22-27H2,1H3,(H,43,52)(H,44,53)(H,45,54)(H,55,56)(H,57,58);4H,1-3H2,(H,11,12)(H,13,14)(H,15,16)(H2,9,10,17)/t32-,35?,36?,42?;/m0./s1. The van der Waals surface area contributed by atoms with Crippen LogP contribution in [0.15, 0.2) is 36.4 Å². The van der Waals surface area contributed by atoms with E-state index >= 15 is 0 Å². The minimum absolute atomic E-state index is 0.00996. The van der Waals surface area contributed by atoms with Crippen molar-refractivity contribution in [3.8, 4) is 11.5 Å². The van der Waals surface area contributed by atoms with E-state index in [1.165, 1.54) is 17.0 Å². The highest BCUT2D eigenvalue weighted by Gasteiger charge is 2.36. The zero-order valence-electron chi connectivity index (χ0n) is 43.1. The molecule has 27 nitrogen and oxygen atoms in total. The van der Waals surface area contributed by atoms with Crippen molar-refractivity contribution in [2.45, 2.75) is 134 Å². The molecule has 4 unspecified atom stereocenters. The Balaban J connectivity index is 0.00000102. The summed E-state index contributed by atoms with van der Waals surface area (Å²) in [5, 5.41) is 108. The summed E-state index contributed by atoms with van der Waals surface area (Å²) in [5.41, 5.74) is 2.23. The quantitative estimate of drug-likeness (QED) is 0.0393. The molecular weight excluding hydrogens is 1020 g/mol. The van der Waals surface area contributed by atoms with Gasteiger partial charge in [-0.05, 0) is 61.8 Å². The molecule has 27 heteroatoms. The highest BCUT2D eigenvalue weighted by Crippen LogP contribution is 2.24. The molecule has 1 heterocycles. The molecule has 1 fully saturated rings. The van der Waals surface area contributed by atoms with E-state index in [4.69, 9.17) is 20.1 Å². The molecule has 0 bridgehead atoms. The minimum atomic E-state index is -1.41. The number of rotatable bonds is 35. The number of nitrogens with zero attached hydrogens (tertiary/aromatic N) is 2. The van der Waals surface area contributed by atoms with Gasteiger partial charge in [-0.1, -0.05) is 44.0 Å². The molecule has 1 aliphatic rings. The number of amides is 5. The lowest BCUT2D eigenvalue weighted by atomic mass is 10.00. The Morgan fingerprint density at radius 2 is 1.18 bits per heavy atom. The molecule has 0 spiro atoms. The van der Waals surface area contributed by atoms with Crippen molar-refractivity contribution >= 4 is 53.6 Å².